The van der Waals surface area contributed by atoms with Crippen LogP contribution < -0.4 is 20.8 Å². The molecule has 1 aromatic rings. The molecule has 66 heavy (non-hydrogen) atoms. The number of hydrogen-bond donors (Lipinski definition) is 0. The fraction of sp³-hybridized carbons (Fsp3) is 0.527. The second-order valence-electron chi connectivity index (χ2n) is 19.3. The van der Waals surface area contributed by atoms with Crippen molar-refractivity contribution in [1.82, 2.24) is 4.98 Å². The van der Waals surface area contributed by atoms with E-state index in [4.69, 9.17) is 29.4 Å². The standard InChI is InChI=1S/C55H72N4O6.Cu/c1-12-38-35(8)42-27-43-36(9)40(23-24-48(61)65-26-25-34(7)22-16-21-33(6)20-15-19-32(5)18-14-17-31(3)4)52(58-43)50-51(55(63)64-11)54(62)49-37(10)44(59-53(49)50)28-46-39(13-2)41(30-60)47(57-46)29-45(38)56-42;/h12,25,27-33,36,40,51H,1,13-24,26H2,2-11H3,(H2,56,57,58,59,60,62);/q;+2/p-2/b34-25+;. The Balaban J connectivity index is 0.00000817. The summed E-state index contributed by atoms with van der Waals surface area (Å²) >= 11 is 0. The van der Waals surface area contributed by atoms with Crippen LogP contribution in [0.1, 0.15) is 148 Å². The molecule has 357 valence electrons. The number of nitrogens with zero attached hydrogens (tertiary/aromatic N) is 4. The van der Waals surface area contributed by atoms with Crippen molar-refractivity contribution in [3.05, 3.63) is 104 Å². The summed E-state index contributed by atoms with van der Waals surface area (Å²) in [6.07, 6.45) is 22.3. The third-order valence-corrected chi connectivity index (χ3v) is 14.1. The van der Waals surface area contributed by atoms with Gasteiger partial charge in [-0.05, 0) is 105 Å². The maximum absolute atomic E-state index is 14.4. The van der Waals surface area contributed by atoms with Gasteiger partial charge in [0.15, 0.2) is 5.78 Å². The van der Waals surface area contributed by atoms with Crippen molar-refractivity contribution in [2.45, 2.75) is 139 Å². The molecule has 5 aliphatic rings. The predicted molar refractivity (Wildman–Crippen MR) is 260 cm³/mol. The second kappa shape index (κ2) is 23.2. The quantitative estimate of drug-likeness (QED) is 0.0417. The Hall–Kier alpha value is -4.86. The van der Waals surface area contributed by atoms with Gasteiger partial charge in [-0.15, -0.1) is 17.0 Å². The minimum absolute atomic E-state index is 0. The van der Waals surface area contributed by atoms with E-state index < -0.39 is 17.7 Å². The summed E-state index contributed by atoms with van der Waals surface area (Å²) in [6.45, 7) is 23.5. The van der Waals surface area contributed by atoms with Crippen molar-refractivity contribution in [3.8, 4) is 0 Å². The van der Waals surface area contributed by atoms with Gasteiger partial charge in [0.05, 0.1) is 29.9 Å². The van der Waals surface area contributed by atoms with Gasteiger partial charge in [-0.3, -0.25) is 19.4 Å². The SMILES string of the molecule is C=CC1=C(C)C2=NC1=CC1=NC(=C(CC)/C1=C\[O-])C=c1[n-]c3c(c1C)C(=O)C(C(=O)OC)C=3C1=NC(=C2)C(C)C1CCC(=O)OC/C=C(\C)CCCC(C)CCCC(C)CCCC(C)C.[Cu+2]. The zero-order valence-electron chi connectivity index (χ0n) is 40.9. The van der Waals surface area contributed by atoms with Crippen LogP contribution in [0.25, 0.3) is 11.6 Å². The number of allylic oxidation sites excluding steroid dienone is 9. The molecule has 5 heterocycles. The number of esters is 2. The van der Waals surface area contributed by atoms with E-state index in [2.05, 4.69) is 41.2 Å². The maximum atomic E-state index is 14.4. The van der Waals surface area contributed by atoms with E-state index in [1.165, 1.54) is 57.6 Å². The topological polar surface area (TPSA) is 144 Å². The molecule has 1 aromatic heterocycles. The van der Waals surface area contributed by atoms with Crippen LogP contribution in [0.5, 0.6) is 0 Å². The third-order valence-electron chi connectivity index (χ3n) is 14.1. The number of carbonyl (C=O) groups excluding carboxylic acids is 3. The average molecular weight is 947 g/mol. The number of carbonyl (C=O) groups is 3. The van der Waals surface area contributed by atoms with E-state index in [0.717, 1.165) is 47.7 Å². The molecule has 10 nitrogen and oxygen atoms in total. The molecular weight excluding hydrogens is 876 g/mol. The third kappa shape index (κ3) is 11.4. The minimum atomic E-state index is -1.27. The molecular formula is C55H70CuN4O6. The average Bonchev–Trinajstić information content (AvgIpc) is 4.02. The van der Waals surface area contributed by atoms with Crippen molar-refractivity contribution in [2.24, 2.45) is 50.5 Å². The van der Waals surface area contributed by atoms with Gasteiger partial charge in [0, 0.05) is 40.8 Å². The Morgan fingerprint density at radius 1 is 0.939 bits per heavy atom. The van der Waals surface area contributed by atoms with Crippen LogP contribution in [0.3, 0.4) is 0 Å². The van der Waals surface area contributed by atoms with Crippen LogP contribution in [-0.2, 0) is 36.1 Å². The molecule has 0 amide bonds. The summed E-state index contributed by atoms with van der Waals surface area (Å²) in [5, 5.41) is 13.5. The number of fused-ring (bicyclic) bond motifs is 5. The van der Waals surface area contributed by atoms with Crippen LogP contribution in [0.4, 0.5) is 0 Å². The smallest absolute Gasteiger partial charge is 0.877 e. The van der Waals surface area contributed by atoms with Crippen LogP contribution in [0.15, 0.2) is 97.1 Å². The van der Waals surface area contributed by atoms with Crippen molar-refractivity contribution < 1.29 is 46.0 Å². The number of ether oxygens (including phenoxy) is 2. The Labute approximate surface area is 403 Å². The molecule has 0 aromatic carbocycles. The Morgan fingerprint density at radius 2 is 1.62 bits per heavy atom. The molecule has 0 saturated carbocycles. The summed E-state index contributed by atoms with van der Waals surface area (Å²) < 4.78 is 11.0. The number of aliphatic imine (C=N–C) groups is 3. The van der Waals surface area contributed by atoms with Gasteiger partial charge < -0.3 is 19.6 Å². The van der Waals surface area contributed by atoms with Crippen LogP contribution in [-0.4, -0.2) is 48.6 Å². The zero-order valence-corrected chi connectivity index (χ0v) is 41.8. The fourth-order valence-corrected chi connectivity index (χ4v) is 10.0. The summed E-state index contributed by atoms with van der Waals surface area (Å²) in [5.41, 5.74) is 9.02. The van der Waals surface area contributed by atoms with Crippen molar-refractivity contribution in [3.63, 3.8) is 0 Å². The van der Waals surface area contributed by atoms with Crippen LogP contribution >= 0.6 is 0 Å². The molecule has 0 N–H and O–H groups in total. The largest absolute Gasteiger partial charge is 2.00 e. The Kier molecular flexibility index (Phi) is 18.3. The number of aromatic nitrogens is 1. The molecule has 6 rings (SSSR count). The molecule has 8 bridgehead atoms. The summed E-state index contributed by atoms with van der Waals surface area (Å²) in [4.78, 5) is 61.5. The molecule has 0 fully saturated rings. The number of Topliss-reactive ketones (excluding diaryl/α,β-unsaturated/α-hetero) is 1. The molecule has 1 radical (unpaired) electrons. The zero-order chi connectivity index (χ0) is 47.1. The summed E-state index contributed by atoms with van der Waals surface area (Å²) in [5.74, 6) is -0.983. The number of ketones is 1. The van der Waals surface area contributed by atoms with Crippen molar-refractivity contribution >= 4 is 46.5 Å². The van der Waals surface area contributed by atoms with E-state index in [-0.39, 0.29) is 47.9 Å². The van der Waals surface area contributed by atoms with Gasteiger partial charge in [0.2, 0.25) is 0 Å². The predicted octanol–water partition coefficient (Wildman–Crippen LogP) is 9.38. The molecule has 11 heteroatoms. The van der Waals surface area contributed by atoms with Gasteiger partial charge in [0.25, 0.3) is 0 Å². The minimum Gasteiger partial charge on any atom is -0.877 e. The molecule has 0 spiro atoms. The van der Waals surface area contributed by atoms with E-state index in [1.54, 1.807) is 12.2 Å². The van der Waals surface area contributed by atoms with Crippen LogP contribution in [0.2, 0.25) is 0 Å². The first-order valence-corrected chi connectivity index (χ1v) is 24.0. The molecule has 0 saturated heterocycles. The van der Waals surface area contributed by atoms with Crippen molar-refractivity contribution in [1.29, 1.82) is 0 Å². The van der Waals surface area contributed by atoms with Gasteiger partial charge >= 0.3 is 29.0 Å². The maximum Gasteiger partial charge on any atom is 2.00 e. The van der Waals surface area contributed by atoms with Crippen LogP contribution in [0, 0.1) is 42.4 Å². The molecule has 5 atom stereocenters. The Morgan fingerprint density at radius 3 is 2.26 bits per heavy atom. The second-order valence-corrected chi connectivity index (χ2v) is 19.3. The van der Waals surface area contributed by atoms with E-state index in [0.29, 0.717) is 86.0 Å². The molecule has 1 aliphatic carbocycles. The van der Waals surface area contributed by atoms with Gasteiger partial charge in [0.1, 0.15) is 12.5 Å². The van der Waals surface area contributed by atoms with E-state index in [1.807, 2.05) is 45.9 Å². The van der Waals surface area contributed by atoms with Gasteiger partial charge in [-0.1, -0.05) is 116 Å². The normalized spacial score (nSPS) is 21.6. The summed E-state index contributed by atoms with van der Waals surface area (Å²) in [6, 6.07) is 0. The first kappa shape index (κ1) is 52.1. The van der Waals surface area contributed by atoms with Crippen molar-refractivity contribution in [2.75, 3.05) is 13.7 Å². The number of rotatable bonds is 20. The molecule has 4 aliphatic heterocycles. The van der Waals surface area contributed by atoms with E-state index in [9.17, 15) is 19.5 Å². The number of methoxy groups -OCH3 is 1. The van der Waals surface area contributed by atoms with E-state index >= 15 is 0 Å². The van der Waals surface area contributed by atoms with Gasteiger partial charge in [-0.25, -0.2) is 9.98 Å². The first-order chi connectivity index (χ1) is 31.1. The Bertz CT molecular complexity index is 2500. The first-order valence-electron chi connectivity index (χ1n) is 24.0. The monoisotopic (exact) mass is 945 g/mol. The number of hydrogen-bond acceptors (Lipinski definition) is 9. The fourth-order valence-electron chi connectivity index (χ4n) is 10.0. The summed E-state index contributed by atoms with van der Waals surface area (Å²) in [7, 11) is 1.27. The molecule has 5 unspecified atom stereocenters. The van der Waals surface area contributed by atoms with Gasteiger partial charge in [-0.2, -0.15) is 0 Å².